The molecule has 0 heterocycles. The van der Waals surface area contributed by atoms with E-state index in [1.165, 1.54) is 7.11 Å². The normalized spacial score (nSPS) is 10.0. The van der Waals surface area contributed by atoms with E-state index in [1.807, 2.05) is 6.92 Å². The van der Waals surface area contributed by atoms with E-state index in [2.05, 4.69) is 5.32 Å². The molecule has 0 spiro atoms. The van der Waals surface area contributed by atoms with Crippen LogP contribution in [-0.2, 0) is 4.74 Å². The zero-order valence-corrected chi connectivity index (χ0v) is 14.5. The Labute approximate surface area is 146 Å². The summed E-state index contributed by atoms with van der Waals surface area (Å²) in [6.07, 6.45) is 0. The van der Waals surface area contributed by atoms with Crippen molar-refractivity contribution in [3.05, 3.63) is 53.6 Å². The van der Waals surface area contributed by atoms with Gasteiger partial charge >= 0.3 is 5.97 Å². The first-order valence-corrected chi connectivity index (χ1v) is 7.98. The number of nitrogens with one attached hydrogen (secondary N) is 1. The Bertz CT molecular complexity index is 757. The van der Waals surface area contributed by atoms with Crippen molar-refractivity contribution in [3.63, 3.8) is 0 Å². The topological polar surface area (TPSA) is 73.9 Å². The Morgan fingerprint density at radius 3 is 2.44 bits per heavy atom. The summed E-state index contributed by atoms with van der Waals surface area (Å²) in [6.45, 7) is 4.41. The highest BCUT2D eigenvalue weighted by atomic mass is 16.5. The number of hydrogen-bond donors (Lipinski definition) is 1. The van der Waals surface area contributed by atoms with Crippen LogP contribution < -0.4 is 14.8 Å². The van der Waals surface area contributed by atoms with Gasteiger partial charge in [-0.2, -0.15) is 0 Å². The van der Waals surface area contributed by atoms with Gasteiger partial charge in [0.1, 0.15) is 0 Å². The SMILES string of the molecule is CCOC(=O)c1cccc(NC(=O)c2ccc(OCC)c(OC)c2)c1. The molecule has 2 aromatic carbocycles. The van der Waals surface area contributed by atoms with Crippen molar-refractivity contribution in [2.24, 2.45) is 0 Å². The molecule has 0 fully saturated rings. The van der Waals surface area contributed by atoms with Crippen LogP contribution in [0, 0.1) is 0 Å². The van der Waals surface area contributed by atoms with Gasteiger partial charge in [0.2, 0.25) is 0 Å². The molecule has 0 bridgehead atoms. The minimum Gasteiger partial charge on any atom is -0.493 e. The number of carbonyl (C=O) groups excluding carboxylic acids is 2. The number of rotatable bonds is 7. The maximum atomic E-state index is 12.4. The van der Waals surface area contributed by atoms with E-state index in [4.69, 9.17) is 14.2 Å². The van der Waals surface area contributed by atoms with Crippen LogP contribution in [0.25, 0.3) is 0 Å². The first-order chi connectivity index (χ1) is 12.1. The fraction of sp³-hybridized carbons (Fsp3) is 0.263. The molecule has 1 N–H and O–H groups in total. The molecule has 2 aromatic rings. The summed E-state index contributed by atoms with van der Waals surface area (Å²) < 4.78 is 15.6. The van der Waals surface area contributed by atoms with Gasteiger partial charge in [0.05, 0.1) is 25.9 Å². The van der Waals surface area contributed by atoms with E-state index in [1.54, 1.807) is 49.4 Å². The fourth-order valence-electron chi connectivity index (χ4n) is 2.23. The van der Waals surface area contributed by atoms with E-state index in [9.17, 15) is 9.59 Å². The molecule has 6 nitrogen and oxygen atoms in total. The molecule has 0 aromatic heterocycles. The maximum absolute atomic E-state index is 12.4. The Morgan fingerprint density at radius 2 is 1.76 bits per heavy atom. The Morgan fingerprint density at radius 1 is 0.960 bits per heavy atom. The summed E-state index contributed by atoms with van der Waals surface area (Å²) in [4.78, 5) is 24.2. The van der Waals surface area contributed by atoms with Gasteiger partial charge in [0, 0.05) is 11.3 Å². The number of benzene rings is 2. The third-order valence-corrected chi connectivity index (χ3v) is 3.36. The summed E-state index contributed by atoms with van der Waals surface area (Å²) in [7, 11) is 1.52. The van der Waals surface area contributed by atoms with E-state index < -0.39 is 5.97 Å². The second-order valence-electron chi connectivity index (χ2n) is 5.05. The number of anilines is 1. The van der Waals surface area contributed by atoms with Gasteiger partial charge in [-0.3, -0.25) is 4.79 Å². The van der Waals surface area contributed by atoms with Crippen molar-refractivity contribution in [2.75, 3.05) is 25.6 Å². The lowest BCUT2D eigenvalue weighted by molar-refractivity contribution is 0.0526. The van der Waals surface area contributed by atoms with Gasteiger partial charge < -0.3 is 19.5 Å². The first-order valence-electron chi connectivity index (χ1n) is 7.98. The Balaban J connectivity index is 2.17. The molecule has 25 heavy (non-hydrogen) atoms. The van der Waals surface area contributed by atoms with Crippen molar-refractivity contribution < 1.29 is 23.8 Å². The zero-order valence-electron chi connectivity index (χ0n) is 14.5. The molecular weight excluding hydrogens is 322 g/mol. The second-order valence-corrected chi connectivity index (χ2v) is 5.05. The molecule has 0 radical (unpaired) electrons. The average molecular weight is 343 g/mol. The summed E-state index contributed by atoms with van der Waals surface area (Å²) in [5.41, 5.74) is 1.30. The van der Waals surface area contributed by atoms with Crippen LogP contribution in [0.15, 0.2) is 42.5 Å². The highest BCUT2D eigenvalue weighted by Gasteiger charge is 2.13. The maximum Gasteiger partial charge on any atom is 0.338 e. The van der Waals surface area contributed by atoms with Crippen molar-refractivity contribution in [2.45, 2.75) is 13.8 Å². The van der Waals surface area contributed by atoms with Gasteiger partial charge in [0.25, 0.3) is 5.91 Å². The van der Waals surface area contributed by atoms with Gasteiger partial charge in [-0.15, -0.1) is 0 Å². The average Bonchev–Trinajstić information content (AvgIpc) is 2.62. The van der Waals surface area contributed by atoms with Crippen molar-refractivity contribution in [1.82, 2.24) is 0 Å². The lowest BCUT2D eigenvalue weighted by Gasteiger charge is -2.11. The quantitative estimate of drug-likeness (QED) is 0.779. The van der Waals surface area contributed by atoms with Gasteiger partial charge in [-0.1, -0.05) is 6.07 Å². The predicted octanol–water partition coefficient (Wildman–Crippen LogP) is 3.52. The van der Waals surface area contributed by atoms with Crippen molar-refractivity contribution in [3.8, 4) is 11.5 Å². The third-order valence-electron chi connectivity index (χ3n) is 3.36. The summed E-state index contributed by atoms with van der Waals surface area (Å²) in [5.74, 6) is 0.310. The zero-order chi connectivity index (χ0) is 18.2. The molecule has 132 valence electrons. The Hall–Kier alpha value is -3.02. The molecule has 0 saturated heterocycles. The predicted molar refractivity (Wildman–Crippen MR) is 94.5 cm³/mol. The van der Waals surface area contributed by atoms with Crippen LogP contribution in [0.2, 0.25) is 0 Å². The molecular formula is C19H21NO5. The van der Waals surface area contributed by atoms with E-state index in [0.29, 0.717) is 41.5 Å². The van der Waals surface area contributed by atoms with Gasteiger partial charge in [0.15, 0.2) is 11.5 Å². The van der Waals surface area contributed by atoms with Crippen LogP contribution in [0.5, 0.6) is 11.5 Å². The lowest BCUT2D eigenvalue weighted by atomic mass is 10.1. The van der Waals surface area contributed by atoms with Gasteiger partial charge in [-0.25, -0.2) is 4.79 Å². The van der Waals surface area contributed by atoms with Crippen molar-refractivity contribution in [1.29, 1.82) is 0 Å². The highest BCUT2D eigenvalue weighted by Crippen LogP contribution is 2.28. The van der Waals surface area contributed by atoms with Crippen LogP contribution in [0.1, 0.15) is 34.6 Å². The molecule has 1 amide bonds. The third kappa shape index (κ3) is 4.73. The van der Waals surface area contributed by atoms with Crippen LogP contribution in [0.4, 0.5) is 5.69 Å². The van der Waals surface area contributed by atoms with Crippen molar-refractivity contribution >= 4 is 17.6 Å². The number of esters is 1. The standard InChI is InChI=1S/C19H21NO5/c1-4-24-16-10-9-13(12-17(16)23-3)18(21)20-15-8-6-7-14(11-15)19(22)25-5-2/h6-12H,4-5H2,1-3H3,(H,20,21). The number of ether oxygens (including phenoxy) is 3. The fourth-order valence-corrected chi connectivity index (χ4v) is 2.23. The summed E-state index contributed by atoms with van der Waals surface area (Å²) in [5, 5.41) is 2.76. The molecule has 0 aliphatic heterocycles. The number of hydrogen-bond acceptors (Lipinski definition) is 5. The smallest absolute Gasteiger partial charge is 0.338 e. The number of methoxy groups -OCH3 is 1. The second kappa shape index (κ2) is 8.73. The number of amides is 1. The minimum absolute atomic E-state index is 0.293. The molecule has 0 unspecified atom stereocenters. The molecule has 6 heteroatoms. The summed E-state index contributed by atoms with van der Waals surface area (Å²) >= 11 is 0. The molecule has 0 saturated carbocycles. The largest absolute Gasteiger partial charge is 0.493 e. The Kier molecular flexibility index (Phi) is 6.39. The molecule has 0 atom stereocenters. The monoisotopic (exact) mass is 343 g/mol. The van der Waals surface area contributed by atoms with Gasteiger partial charge in [-0.05, 0) is 50.2 Å². The highest BCUT2D eigenvalue weighted by molar-refractivity contribution is 6.05. The molecule has 0 aliphatic carbocycles. The first kappa shape index (κ1) is 18.3. The van der Waals surface area contributed by atoms with Crippen LogP contribution >= 0.6 is 0 Å². The lowest BCUT2D eigenvalue weighted by Crippen LogP contribution is -2.13. The molecule has 0 aliphatic rings. The summed E-state index contributed by atoms with van der Waals surface area (Å²) in [6, 6.07) is 11.5. The molecule has 2 rings (SSSR count). The van der Waals surface area contributed by atoms with E-state index in [-0.39, 0.29) is 5.91 Å². The van der Waals surface area contributed by atoms with E-state index in [0.717, 1.165) is 0 Å². The van der Waals surface area contributed by atoms with Crippen LogP contribution in [-0.4, -0.2) is 32.2 Å². The van der Waals surface area contributed by atoms with Crippen LogP contribution in [0.3, 0.4) is 0 Å². The van der Waals surface area contributed by atoms with E-state index >= 15 is 0 Å². The number of carbonyl (C=O) groups is 2. The minimum atomic E-state index is -0.429.